The van der Waals surface area contributed by atoms with Crippen LogP contribution in [-0.4, -0.2) is 62.1 Å². The molecule has 1 spiro atoms. The van der Waals surface area contributed by atoms with Crippen LogP contribution in [0.4, 0.5) is 0 Å². The fourth-order valence-corrected chi connectivity index (χ4v) is 10.0. The van der Waals surface area contributed by atoms with Crippen molar-refractivity contribution in [3.05, 3.63) is 57.7 Å². The molecule has 1 heterocycles. The lowest BCUT2D eigenvalue weighted by Gasteiger charge is -2.68. The van der Waals surface area contributed by atoms with E-state index >= 15 is 4.79 Å². The van der Waals surface area contributed by atoms with E-state index in [1.807, 2.05) is 6.92 Å². The van der Waals surface area contributed by atoms with Crippen LogP contribution in [0.15, 0.2) is 46.6 Å². The van der Waals surface area contributed by atoms with Crippen LogP contribution in [0.2, 0.25) is 0 Å². The maximum atomic E-state index is 15.5. The number of carbonyl (C=O) groups is 4. The Kier molecular flexibility index (Phi) is 5.84. The van der Waals surface area contributed by atoms with Crippen molar-refractivity contribution in [1.29, 1.82) is 0 Å². The molecule has 3 fully saturated rings. The zero-order valence-electron chi connectivity index (χ0n) is 24.2. The van der Waals surface area contributed by atoms with Gasteiger partial charge in [-0.15, -0.1) is 0 Å². The Hall–Kier alpha value is -3.10. The average Bonchev–Trinajstić information content (AvgIpc) is 3.60. The number of Topliss-reactive ketones (excluding diaryl/α,β-unsaturated/α-hetero) is 1. The number of fused-ring (bicyclic) bond motifs is 2. The Bertz CT molecular complexity index is 1440. The number of carbonyl (C=O) groups excluding carboxylic acids is 4. The van der Waals surface area contributed by atoms with E-state index in [2.05, 4.69) is 6.92 Å². The largest absolute Gasteiger partial charge is 0.466 e. The van der Waals surface area contributed by atoms with Gasteiger partial charge in [-0.05, 0) is 85.5 Å². The number of methoxy groups -OCH3 is 2. The molecule has 7 aliphatic rings. The van der Waals surface area contributed by atoms with E-state index in [1.165, 1.54) is 17.6 Å². The van der Waals surface area contributed by atoms with Crippen molar-refractivity contribution in [2.75, 3.05) is 27.6 Å². The molecule has 0 aromatic heterocycles. The van der Waals surface area contributed by atoms with Gasteiger partial charge in [0.05, 0.1) is 35.2 Å². The normalized spacial score (nSPS) is 35.7. The van der Waals surface area contributed by atoms with Gasteiger partial charge in [-0.3, -0.25) is 19.3 Å². The molecule has 4 bridgehead atoms. The molecular weight excluding hydrogens is 522 g/mol. The molecule has 3 saturated carbocycles. The zero-order valence-corrected chi connectivity index (χ0v) is 24.2. The molecule has 1 aromatic rings. The Morgan fingerprint density at radius 2 is 1.76 bits per heavy atom. The van der Waals surface area contributed by atoms with Crippen molar-refractivity contribution in [2.45, 2.75) is 64.9 Å². The SMILES string of the molecule is COCO[C@@H]1[C@H]2CCC3=C4C(=C(C(=O)OC)C[C@@]45C(=O)[C@]1([C@H](C)CN1C(=O)c4ccccc4C1=O)CC[C@@]25C)CC3. The van der Waals surface area contributed by atoms with E-state index in [9.17, 15) is 14.4 Å². The summed E-state index contributed by atoms with van der Waals surface area (Å²) in [5.41, 5.74) is 2.71. The van der Waals surface area contributed by atoms with Crippen LogP contribution in [0, 0.1) is 28.1 Å². The number of nitrogens with zero attached hydrogens (tertiary/aromatic N) is 1. The first-order chi connectivity index (χ1) is 19.7. The topological polar surface area (TPSA) is 99.2 Å². The summed E-state index contributed by atoms with van der Waals surface area (Å²) < 4.78 is 17.1. The summed E-state index contributed by atoms with van der Waals surface area (Å²) in [6.07, 6.45) is 4.75. The van der Waals surface area contributed by atoms with Crippen molar-refractivity contribution in [3.63, 3.8) is 0 Å². The zero-order chi connectivity index (χ0) is 28.9. The number of ether oxygens (including phenoxy) is 3. The molecule has 1 aliphatic heterocycles. The number of ketones is 1. The number of imide groups is 1. The maximum absolute atomic E-state index is 15.5. The second kappa shape index (κ2) is 8.95. The third-order valence-corrected chi connectivity index (χ3v) is 11.9. The Balaban J connectivity index is 1.36. The van der Waals surface area contributed by atoms with Crippen LogP contribution in [-0.2, 0) is 23.8 Å². The minimum Gasteiger partial charge on any atom is -0.466 e. The lowest BCUT2D eigenvalue weighted by Crippen LogP contribution is -2.73. The van der Waals surface area contributed by atoms with Gasteiger partial charge in [-0.25, -0.2) is 4.79 Å². The van der Waals surface area contributed by atoms with Crippen molar-refractivity contribution in [3.8, 4) is 0 Å². The standard InChI is InChI=1S/C33H37NO7/c1-18(16-34-27(35)21-7-5-6-8-22(21)28(34)36)32-14-13-31(2)24(26(32)41-17-39-3)12-10-19-9-11-20-23(29(37)40-4)15-33(31,25(19)20)30(32)38/h5-8,18,24,26H,9-17H2,1-4H3/t18-,24-,26-,31+,32+,33+/m1/s1. The Labute approximate surface area is 240 Å². The average molecular weight is 560 g/mol. The number of rotatable bonds is 7. The third kappa shape index (κ3) is 3.07. The highest BCUT2D eigenvalue weighted by Crippen LogP contribution is 2.77. The number of benzene rings is 1. The van der Waals surface area contributed by atoms with Crippen LogP contribution < -0.4 is 0 Å². The van der Waals surface area contributed by atoms with E-state index in [4.69, 9.17) is 14.2 Å². The van der Waals surface area contributed by atoms with Crippen LogP contribution in [0.1, 0.15) is 79.5 Å². The fraction of sp³-hybridized carbons (Fsp3) is 0.576. The highest BCUT2D eigenvalue weighted by Gasteiger charge is 2.78. The number of hydrogen-bond donors (Lipinski definition) is 0. The summed E-state index contributed by atoms with van der Waals surface area (Å²) in [5.74, 6) is -1.18. The third-order valence-electron chi connectivity index (χ3n) is 11.9. The van der Waals surface area contributed by atoms with Crippen molar-refractivity contribution in [1.82, 2.24) is 4.90 Å². The predicted molar refractivity (Wildman–Crippen MR) is 148 cm³/mol. The van der Waals surface area contributed by atoms with Gasteiger partial charge in [0.1, 0.15) is 6.79 Å². The van der Waals surface area contributed by atoms with Gasteiger partial charge in [-0.1, -0.05) is 31.6 Å². The van der Waals surface area contributed by atoms with Gasteiger partial charge in [0.25, 0.3) is 11.8 Å². The van der Waals surface area contributed by atoms with E-state index < -0.39 is 22.3 Å². The molecule has 0 saturated heterocycles. The lowest BCUT2D eigenvalue weighted by molar-refractivity contribution is -0.246. The molecule has 6 atom stereocenters. The van der Waals surface area contributed by atoms with E-state index in [0.29, 0.717) is 29.5 Å². The molecule has 216 valence electrons. The second-order valence-corrected chi connectivity index (χ2v) is 13.1. The summed E-state index contributed by atoms with van der Waals surface area (Å²) >= 11 is 0. The number of hydrogen-bond acceptors (Lipinski definition) is 7. The molecule has 1 aromatic carbocycles. The first-order valence-electron chi connectivity index (χ1n) is 14.8. The van der Waals surface area contributed by atoms with Crippen LogP contribution >= 0.6 is 0 Å². The van der Waals surface area contributed by atoms with E-state index in [-0.39, 0.29) is 48.7 Å². The predicted octanol–water partition coefficient (Wildman–Crippen LogP) is 4.64. The van der Waals surface area contributed by atoms with Crippen LogP contribution in [0.3, 0.4) is 0 Å². The quantitative estimate of drug-likeness (QED) is 0.273. The Morgan fingerprint density at radius 3 is 2.41 bits per heavy atom. The molecule has 8 heteroatoms. The summed E-state index contributed by atoms with van der Waals surface area (Å²) in [4.78, 5) is 56.7. The van der Waals surface area contributed by atoms with Gasteiger partial charge in [0.2, 0.25) is 0 Å². The van der Waals surface area contributed by atoms with Gasteiger partial charge < -0.3 is 14.2 Å². The maximum Gasteiger partial charge on any atom is 0.334 e. The molecule has 0 radical (unpaired) electrons. The smallest absolute Gasteiger partial charge is 0.334 e. The van der Waals surface area contributed by atoms with Crippen molar-refractivity contribution >= 4 is 23.6 Å². The minimum absolute atomic E-state index is 0.0533. The molecule has 2 amide bonds. The summed E-state index contributed by atoms with van der Waals surface area (Å²) in [7, 11) is 2.99. The van der Waals surface area contributed by atoms with Crippen LogP contribution in [0.25, 0.3) is 0 Å². The molecule has 6 aliphatic carbocycles. The molecule has 41 heavy (non-hydrogen) atoms. The highest BCUT2D eigenvalue weighted by molar-refractivity contribution is 6.21. The van der Waals surface area contributed by atoms with Crippen LogP contribution in [0.5, 0.6) is 0 Å². The lowest BCUT2D eigenvalue weighted by atomic mass is 9.35. The van der Waals surface area contributed by atoms with Gasteiger partial charge in [0.15, 0.2) is 5.78 Å². The second-order valence-electron chi connectivity index (χ2n) is 13.1. The van der Waals surface area contributed by atoms with Crippen molar-refractivity contribution < 1.29 is 33.4 Å². The van der Waals surface area contributed by atoms with E-state index in [1.54, 1.807) is 31.4 Å². The van der Waals surface area contributed by atoms with Crippen molar-refractivity contribution in [2.24, 2.45) is 28.1 Å². The molecular formula is C33H37NO7. The number of allylic oxidation sites excluding steroid dienone is 3. The number of esters is 1. The fourth-order valence-electron chi connectivity index (χ4n) is 10.0. The van der Waals surface area contributed by atoms with E-state index in [0.717, 1.165) is 43.3 Å². The highest BCUT2D eigenvalue weighted by atomic mass is 16.7. The monoisotopic (exact) mass is 559 g/mol. The summed E-state index contributed by atoms with van der Waals surface area (Å²) in [6.45, 7) is 4.42. The Morgan fingerprint density at radius 1 is 1.05 bits per heavy atom. The summed E-state index contributed by atoms with van der Waals surface area (Å²) in [6, 6.07) is 6.89. The first kappa shape index (κ1) is 26.8. The minimum atomic E-state index is -0.946. The number of amides is 2. The van der Waals surface area contributed by atoms with Gasteiger partial charge in [-0.2, -0.15) is 0 Å². The van der Waals surface area contributed by atoms with Gasteiger partial charge in [0, 0.05) is 19.2 Å². The molecule has 0 unspecified atom stereocenters. The molecule has 8 nitrogen and oxygen atoms in total. The molecule has 8 rings (SSSR count). The van der Waals surface area contributed by atoms with Gasteiger partial charge >= 0.3 is 5.97 Å². The summed E-state index contributed by atoms with van der Waals surface area (Å²) in [5, 5.41) is 0. The molecule has 0 N–H and O–H groups in total. The first-order valence-corrected chi connectivity index (χ1v) is 14.8.